The van der Waals surface area contributed by atoms with Gasteiger partial charge in [0.2, 0.25) is 0 Å². The van der Waals surface area contributed by atoms with Gasteiger partial charge in [-0.25, -0.2) is 9.59 Å². The number of ether oxygens (including phenoxy) is 3. The second-order valence-corrected chi connectivity index (χ2v) is 10.4. The van der Waals surface area contributed by atoms with Crippen LogP contribution in [-0.4, -0.2) is 68.8 Å². The maximum Gasteiger partial charge on any atom is 0.333 e. The van der Waals surface area contributed by atoms with Gasteiger partial charge >= 0.3 is 17.9 Å². The average molecular weight is 568 g/mol. The molecule has 0 aliphatic carbocycles. The molecule has 0 aliphatic heterocycles. The predicted octanol–water partition coefficient (Wildman–Crippen LogP) is 4.19. The van der Waals surface area contributed by atoms with E-state index in [2.05, 4.69) is 23.4 Å². The van der Waals surface area contributed by atoms with Crippen molar-refractivity contribution in [1.82, 2.24) is 15.0 Å². The highest BCUT2D eigenvalue weighted by Crippen LogP contribution is 2.23. The minimum Gasteiger partial charge on any atom is -0.506 e. The maximum atomic E-state index is 12.5. The van der Waals surface area contributed by atoms with Gasteiger partial charge in [-0.05, 0) is 43.7 Å². The molecule has 1 aromatic heterocycles. The molecular formula is C29H33N3O7S. The molecule has 10 nitrogen and oxygen atoms in total. The third-order valence-electron chi connectivity index (χ3n) is 5.62. The Labute approximate surface area is 237 Å². The quantitative estimate of drug-likeness (QED) is 0.172. The summed E-state index contributed by atoms with van der Waals surface area (Å²) in [4.78, 5) is 37.6. The lowest BCUT2D eigenvalue weighted by Gasteiger charge is -2.19. The van der Waals surface area contributed by atoms with Gasteiger partial charge in [0.25, 0.3) is 0 Å². The number of nitrogens with zero attached hydrogens (tertiary/aromatic N) is 3. The first kappa shape index (κ1) is 30.4. The molecule has 0 saturated heterocycles. The van der Waals surface area contributed by atoms with Crippen LogP contribution in [0.5, 0.6) is 5.75 Å². The van der Waals surface area contributed by atoms with E-state index in [0.717, 1.165) is 5.56 Å². The van der Waals surface area contributed by atoms with Gasteiger partial charge in [0.05, 0.1) is 12.5 Å². The zero-order chi connectivity index (χ0) is 29.2. The molecule has 0 saturated carbocycles. The molecule has 0 amide bonds. The number of carbonyl (C=O) groups excluding carboxylic acids is 3. The number of fused-ring (bicyclic) bond motifs is 1. The lowest BCUT2D eigenvalue weighted by atomic mass is 10.1. The van der Waals surface area contributed by atoms with E-state index in [1.807, 2.05) is 24.3 Å². The largest absolute Gasteiger partial charge is 0.506 e. The lowest BCUT2D eigenvalue weighted by Crippen LogP contribution is -2.28. The zero-order valence-corrected chi connectivity index (χ0v) is 23.6. The minimum absolute atomic E-state index is 0.0355. The van der Waals surface area contributed by atoms with E-state index < -0.39 is 24.0 Å². The number of carbonyl (C=O) groups is 3. The van der Waals surface area contributed by atoms with Gasteiger partial charge in [0, 0.05) is 29.1 Å². The van der Waals surface area contributed by atoms with Crippen LogP contribution in [0.4, 0.5) is 0 Å². The summed E-state index contributed by atoms with van der Waals surface area (Å²) in [6.07, 6.45) is -0.265. The van der Waals surface area contributed by atoms with Crippen molar-refractivity contribution < 1.29 is 33.7 Å². The van der Waals surface area contributed by atoms with Crippen molar-refractivity contribution in [2.24, 2.45) is 5.92 Å². The fraction of sp³-hybridized carbons (Fsp3) is 0.345. The van der Waals surface area contributed by atoms with Crippen LogP contribution in [0.2, 0.25) is 0 Å². The standard InChI is InChI=1S/C29H33N3O7S/c1-18(2)27(34)38-15-22(39-28(35)19(3)4)17-40-16-20(5)29(36)37-13-12-21-10-11-26(33)25(14-21)32-30-23-8-6-7-9-24(23)31-32/h6-11,14,20,22,33H,1,3,12-13,15-17H2,2,4-5H3. The number of phenolic OH excluding ortho intramolecular Hbond substituents is 1. The molecule has 2 atom stereocenters. The van der Waals surface area contributed by atoms with Crippen molar-refractivity contribution in [2.75, 3.05) is 24.7 Å². The molecular weight excluding hydrogens is 534 g/mol. The Morgan fingerprint density at radius 3 is 2.25 bits per heavy atom. The van der Waals surface area contributed by atoms with Crippen molar-refractivity contribution in [3.63, 3.8) is 0 Å². The molecule has 0 spiro atoms. The molecule has 1 N–H and O–H groups in total. The summed E-state index contributed by atoms with van der Waals surface area (Å²) in [5.74, 6) is -1.18. The van der Waals surface area contributed by atoms with Crippen LogP contribution >= 0.6 is 11.8 Å². The number of aromatic hydroxyl groups is 1. The maximum absolute atomic E-state index is 12.5. The summed E-state index contributed by atoms with van der Waals surface area (Å²) >= 11 is 1.38. The van der Waals surface area contributed by atoms with Gasteiger partial charge < -0.3 is 19.3 Å². The van der Waals surface area contributed by atoms with E-state index in [4.69, 9.17) is 14.2 Å². The molecule has 0 fully saturated rings. The van der Waals surface area contributed by atoms with Crippen molar-refractivity contribution in [1.29, 1.82) is 0 Å². The molecule has 0 radical (unpaired) electrons. The molecule has 3 aromatic rings. The molecule has 1 heterocycles. The summed E-state index contributed by atoms with van der Waals surface area (Å²) < 4.78 is 15.9. The van der Waals surface area contributed by atoms with E-state index >= 15 is 0 Å². The second kappa shape index (κ2) is 14.3. The van der Waals surface area contributed by atoms with Crippen molar-refractivity contribution in [3.8, 4) is 11.4 Å². The third kappa shape index (κ3) is 8.70. The summed E-state index contributed by atoms with van der Waals surface area (Å²) in [6.45, 7) is 11.9. The topological polar surface area (TPSA) is 130 Å². The smallest absolute Gasteiger partial charge is 0.333 e. The van der Waals surface area contributed by atoms with Crippen molar-refractivity contribution in [2.45, 2.75) is 33.3 Å². The van der Waals surface area contributed by atoms with Crippen LogP contribution in [-0.2, 0) is 35.0 Å². The monoisotopic (exact) mass is 567 g/mol. The third-order valence-corrected chi connectivity index (χ3v) is 6.97. The Hall–Kier alpha value is -4.12. The number of benzene rings is 2. The summed E-state index contributed by atoms with van der Waals surface area (Å²) in [6, 6.07) is 12.5. The van der Waals surface area contributed by atoms with Crippen LogP contribution in [0.25, 0.3) is 16.7 Å². The van der Waals surface area contributed by atoms with E-state index in [-0.39, 0.29) is 36.1 Å². The van der Waals surface area contributed by atoms with Crippen LogP contribution in [0.3, 0.4) is 0 Å². The Morgan fingerprint density at radius 2 is 1.62 bits per heavy atom. The van der Waals surface area contributed by atoms with Gasteiger partial charge in [-0.3, -0.25) is 4.79 Å². The second-order valence-electron chi connectivity index (χ2n) is 9.34. The minimum atomic E-state index is -0.703. The highest BCUT2D eigenvalue weighted by molar-refractivity contribution is 7.99. The van der Waals surface area contributed by atoms with Crippen molar-refractivity contribution in [3.05, 3.63) is 72.3 Å². The van der Waals surface area contributed by atoms with Crippen LogP contribution in [0.15, 0.2) is 66.8 Å². The molecule has 2 aromatic carbocycles. The number of rotatable bonds is 14. The highest BCUT2D eigenvalue weighted by Gasteiger charge is 2.21. The number of esters is 3. The van der Waals surface area contributed by atoms with Crippen molar-refractivity contribution >= 4 is 40.7 Å². The van der Waals surface area contributed by atoms with Crippen LogP contribution < -0.4 is 0 Å². The van der Waals surface area contributed by atoms with Gasteiger partial charge in [-0.1, -0.05) is 38.3 Å². The Morgan fingerprint density at radius 1 is 0.975 bits per heavy atom. The fourth-order valence-corrected chi connectivity index (χ4v) is 4.42. The van der Waals surface area contributed by atoms with Crippen LogP contribution in [0.1, 0.15) is 26.3 Å². The fourth-order valence-electron chi connectivity index (χ4n) is 3.37. The molecule has 0 aliphatic rings. The van der Waals surface area contributed by atoms with E-state index in [1.54, 1.807) is 25.1 Å². The number of hydrogen-bond acceptors (Lipinski definition) is 10. The Balaban J connectivity index is 1.48. The highest BCUT2D eigenvalue weighted by atomic mass is 32.2. The Kier molecular flexibility index (Phi) is 10.9. The van der Waals surface area contributed by atoms with Gasteiger partial charge in [-0.2, -0.15) is 11.8 Å². The van der Waals surface area contributed by atoms with E-state index in [1.165, 1.54) is 30.4 Å². The number of phenols is 1. The van der Waals surface area contributed by atoms with Gasteiger partial charge in [0.15, 0.2) is 0 Å². The SMILES string of the molecule is C=C(C)C(=O)OCC(CSCC(C)C(=O)OCCc1ccc(O)c(-n2nc3ccccc3n2)c1)OC(=O)C(=C)C. The number of hydrogen-bond donors (Lipinski definition) is 1. The van der Waals surface area contributed by atoms with E-state index in [0.29, 0.717) is 34.6 Å². The first-order valence-corrected chi connectivity index (χ1v) is 13.8. The molecule has 0 bridgehead atoms. The predicted molar refractivity (Wildman–Crippen MR) is 152 cm³/mol. The summed E-state index contributed by atoms with van der Waals surface area (Å²) in [5.41, 5.74) is 3.16. The van der Waals surface area contributed by atoms with Gasteiger partial charge in [-0.15, -0.1) is 15.0 Å². The molecule has 2 unspecified atom stereocenters. The number of thioether (sulfide) groups is 1. The average Bonchev–Trinajstić information content (AvgIpc) is 3.36. The molecule has 40 heavy (non-hydrogen) atoms. The lowest BCUT2D eigenvalue weighted by molar-refractivity contribution is -0.152. The van der Waals surface area contributed by atoms with Gasteiger partial charge in [0.1, 0.15) is 35.2 Å². The van der Waals surface area contributed by atoms with Crippen LogP contribution in [0, 0.1) is 5.92 Å². The van der Waals surface area contributed by atoms with E-state index in [9.17, 15) is 19.5 Å². The zero-order valence-electron chi connectivity index (χ0n) is 22.8. The molecule has 11 heteroatoms. The number of aromatic nitrogens is 3. The first-order valence-electron chi connectivity index (χ1n) is 12.6. The Bertz CT molecular complexity index is 1370. The summed E-state index contributed by atoms with van der Waals surface area (Å²) in [7, 11) is 0. The normalized spacial score (nSPS) is 12.4. The molecule has 212 valence electrons. The summed E-state index contributed by atoms with van der Waals surface area (Å²) in [5, 5.41) is 19.1. The first-order chi connectivity index (χ1) is 19.0. The molecule has 3 rings (SSSR count).